The maximum atomic E-state index is 15.3. The summed E-state index contributed by atoms with van der Waals surface area (Å²) in [5.74, 6) is -3.45. The number of halogens is 4. The highest BCUT2D eigenvalue weighted by atomic mass is 19.2. The molecule has 35 heavy (non-hydrogen) atoms. The van der Waals surface area contributed by atoms with Gasteiger partial charge in [0.1, 0.15) is 0 Å². The molecule has 2 aromatic rings. The molecule has 0 aromatic heterocycles. The Balaban J connectivity index is 1.38. The molecule has 5 rings (SSSR count). The Morgan fingerprint density at radius 2 is 1.57 bits per heavy atom. The molecular weight excluding hydrogens is 456 g/mol. The second kappa shape index (κ2) is 9.96. The van der Waals surface area contributed by atoms with E-state index in [-0.39, 0.29) is 48.2 Å². The van der Waals surface area contributed by atoms with Crippen LogP contribution in [0, 0.1) is 35.1 Å². The lowest BCUT2D eigenvalue weighted by Gasteiger charge is -2.35. The molecule has 1 unspecified atom stereocenters. The normalized spacial score (nSPS) is 23.6. The SMILES string of the molecule is CCCC1CCC(C2CC=C(c3cc4c(c(F)c3F)-c3c(cc(OCC)c(F)c3F)C4)CO2)CC1. The van der Waals surface area contributed by atoms with E-state index in [0.29, 0.717) is 29.0 Å². The van der Waals surface area contributed by atoms with Crippen molar-refractivity contribution in [2.24, 2.45) is 11.8 Å². The standard InChI is InChI=1S/C29H32F4O2/c1-3-5-16-6-8-17(9-7-16)22-11-10-18(15-35-22)21-13-19-12-20-14-23(34-4-2)27(31)29(33)25(20)24(19)28(32)26(21)30/h10,13-14,16-17,22H,3-9,11-12,15H2,1-2H3. The van der Waals surface area contributed by atoms with E-state index in [0.717, 1.165) is 18.8 Å². The fourth-order valence-corrected chi connectivity index (χ4v) is 6.21. The van der Waals surface area contributed by atoms with Gasteiger partial charge in [-0.2, -0.15) is 4.39 Å². The van der Waals surface area contributed by atoms with Gasteiger partial charge in [0.15, 0.2) is 23.2 Å². The van der Waals surface area contributed by atoms with Crippen LogP contribution in [-0.2, 0) is 11.2 Å². The zero-order valence-electron chi connectivity index (χ0n) is 20.4. The number of ether oxygens (including phenoxy) is 2. The van der Waals surface area contributed by atoms with E-state index in [4.69, 9.17) is 9.47 Å². The van der Waals surface area contributed by atoms with Crippen molar-refractivity contribution in [2.75, 3.05) is 13.2 Å². The molecule has 188 valence electrons. The van der Waals surface area contributed by atoms with Crippen LogP contribution < -0.4 is 4.74 Å². The highest BCUT2D eigenvalue weighted by Gasteiger charge is 2.34. The fraction of sp³-hybridized carbons (Fsp3) is 0.517. The minimum atomic E-state index is -1.20. The zero-order chi connectivity index (χ0) is 24.7. The predicted molar refractivity (Wildman–Crippen MR) is 128 cm³/mol. The Morgan fingerprint density at radius 3 is 2.20 bits per heavy atom. The first-order valence-corrected chi connectivity index (χ1v) is 12.9. The Bertz CT molecular complexity index is 1150. The topological polar surface area (TPSA) is 18.5 Å². The van der Waals surface area contributed by atoms with Gasteiger partial charge in [0.25, 0.3) is 0 Å². The minimum Gasteiger partial charge on any atom is -0.491 e. The number of rotatable bonds is 6. The van der Waals surface area contributed by atoms with Gasteiger partial charge in [-0.3, -0.25) is 0 Å². The molecule has 2 aliphatic carbocycles. The Morgan fingerprint density at radius 1 is 0.886 bits per heavy atom. The van der Waals surface area contributed by atoms with Crippen LogP contribution in [0.3, 0.4) is 0 Å². The molecule has 6 heteroatoms. The van der Waals surface area contributed by atoms with Crippen LogP contribution in [0.5, 0.6) is 5.75 Å². The molecule has 0 saturated heterocycles. The number of hydrogen-bond donors (Lipinski definition) is 0. The van der Waals surface area contributed by atoms with Gasteiger partial charge in [0.2, 0.25) is 5.82 Å². The van der Waals surface area contributed by atoms with Crippen LogP contribution in [-0.4, -0.2) is 19.3 Å². The summed E-state index contributed by atoms with van der Waals surface area (Å²) in [4.78, 5) is 0. The van der Waals surface area contributed by atoms with E-state index in [2.05, 4.69) is 6.92 Å². The molecule has 1 atom stereocenters. The number of hydrogen-bond acceptors (Lipinski definition) is 2. The Labute approximate surface area is 204 Å². The smallest absolute Gasteiger partial charge is 0.201 e. The van der Waals surface area contributed by atoms with E-state index in [1.807, 2.05) is 6.08 Å². The molecule has 2 nitrogen and oxygen atoms in total. The van der Waals surface area contributed by atoms with Gasteiger partial charge < -0.3 is 9.47 Å². The van der Waals surface area contributed by atoms with Gasteiger partial charge in [-0.25, -0.2) is 13.2 Å². The third-order valence-electron chi connectivity index (χ3n) is 7.98. The molecular formula is C29H32F4O2. The molecule has 2 aromatic carbocycles. The number of benzene rings is 2. The molecule has 0 N–H and O–H groups in total. The summed E-state index contributed by atoms with van der Waals surface area (Å²) in [6.07, 6.45) is 10.2. The third kappa shape index (κ3) is 4.39. The molecule has 1 aliphatic heterocycles. The second-order valence-electron chi connectivity index (χ2n) is 10.1. The Kier molecular flexibility index (Phi) is 6.93. The van der Waals surface area contributed by atoms with Crippen LogP contribution in [0.1, 0.15) is 75.5 Å². The summed E-state index contributed by atoms with van der Waals surface area (Å²) in [6.45, 7) is 4.29. The summed E-state index contributed by atoms with van der Waals surface area (Å²) in [7, 11) is 0. The third-order valence-corrected chi connectivity index (χ3v) is 7.98. The van der Waals surface area contributed by atoms with E-state index in [1.54, 1.807) is 13.0 Å². The maximum Gasteiger partial charge on any atom is 0.201 e. The van der Waals surface area contributed by atoms with E-state index >= 15 is 8.78 Å². The monoisotopic (exact) mass is 488 g/mol. The van der Waals surface area contributed by atoms with E-state index in [1.165, 1.54) is 31.7 Å². The molecule has 1 heterocycles. The van der Waals surface area contributed by atoms with Crippen LogP contribution in [0.25, 0.3) is 16.7 Å². The van der Waals surface area contributed by atoms with Crippen molar-refractivity contribution < 1.29 is 27.0 Å². The van der Waals surface area contributed by atoms with Crippen LogP contribution >= 0.6 is 0 Å². The van der Waals surface area contributed by atoms with Crippen molar-refractivity contribution in [1.29, 1.82) is 0 Å². The van der Waals surface area contributed by atoms with Gasteiger partial charge in [0, 0.05) is 16.7 Å². The maximum absolute atomic E-state index is 15.3. The predicted octanol–water partition coefficient (Wildman–Crippen LogP) is 7.99. The van der Waals surface area contributed by atoms with Crippen LogP contribution in [0.15, 0.2) is 18.2 Å². The van der Waals surface area contributed by atoms with Crippen molar-refractivity contribution in [3.8, 4) is 16.9 Å². The number of fused-ring (bicyclic) bond motifs is 3. The van der Waals surface area contributed by atoms with Crippen LogP contribution in [0.4, 0.5) is 17.6 Å². The minimum absolute atomic E-state index is 0.113. The average Bonchev–Trinajstić information content (AvgIpc) is 3.24. The van der Waals surface area contributed by atoms with Gasteiger partial charge in [-0.05, 0) is 73.3 Å². The first-order chi connectivity index (χ1) is 16.9. The van der Waals surface area contributed by atoms with Crippen molar-refractivity contribution in [2.45, 2.75) is 71.3 Å². The fourth-order valence-electron chi connectivity index (χ4n) is 6.21. The molecule has 0 spiro atoms. The lowest BCUT2D eigenvalue weighted by molar-refractivity contribution is 0.00858. The largest absolute Gasteiger partial charge is 0.491 e. The lowest BCUT2D eigenvalue weighted by atomic mass is 9.76. The molecule has 0 amide bonds. The van der Waals surface area contributed by atoms with E-state index in [9.17, 15) is 8.78 Å². The first kappa shape index (κ1) is 24.4. The van der Waals surface area contributed by atoms with Crippen molar-refractivity contribution in [3.05, 3.63) is 58.2 Å². The van der Waals surface area contributed by atoms with Gasteiger partial charge in [0.05, 0.1) is 19.3 Å². The summed E-state index contributed by atoms with van der Waals surface area (Å²) in [6, 6.07) is 2.95. The molecule has 1 saturated carbocycles. The lowest BCUT2D eigenvalue weighted by Crippen LogP contribution is -2.30. The van der Waals surface area contributed by atoms with Gasteiger partial charge in [-0.1, -0.05) is 38.7 Å². The van der Waals surface area contributed by atoms with Gasteiger partial charge in [-0.15, -0.1) is 0 Å². The molecule has 0 bridgehead atoms. The average molecular weight is 489 g/mol. The quantitative estimate of drug-likeness (QED) is 0.327. The van der Waals surface area contributed by atoms with Crippen LogP contribution in [0.2, 0.25) is 0 Å². The highest BCUT2D eigenvalue weighted by molar-refractivity contribution is 5.82. The summed E-state index contributed by atoms with van der Waals surface area (Å²) < 4.78 is 71.1. The van der Waals surface area contributed by atoms with E-state index < -0.39 is 23.3 Å². The zero-order valence-corrected chi connectivity index (χ0v) is 20.4. The first-order valence-electron chi connectivity index (χ1n) is 12.9. The highest BCUT2D eigenvalue weighted by Crippen LogP contribution is 2.46. The summed E-state index contributed by atoms with van der Waals surface area (Å²) >= 11 is 0. The van der Waals surface area contributed by atoms with Crippen molar-refractivity contribution >= 4 is 5.57 Å². The second-order valence-corrected chi connectivity index (χ2v) is 10.1. The van der Waals surface area contributed by atoms with Gasteiger partial charge >= 0.3 is 0 Å². The molecule has 1 fully saturated rings. The Hall–Kier alpha value is -2.34. The van der Waals surface area contributed by atoms with Crippen molar-refractivity contribution in [1.82, 2.24) is 0 Å². The summed E-state index contributed by atoms with van der Waals surface area (Å²) in [5.41, 5.74) is 1.18. The van der Waals surface area contributed by atoms with Crippen molar-refractivity contribution in [3.63, 3.8) is 0 Å². The summed E-state index contributed by atoms with van der Waals surface area (Å²) in [5, 5.41) is 0. The molecule has 0 radical (unpaired) electrons. The molecule has 3 aliphatic rings.